The van der Waals surface area contributed by atoms with E-state index in [0.29, 0.717) is 5.82 Å². The molecule has 0 saturated heterocycles. The van der Waals surface area contributed by atoms with Gasteiger partial charge < -0.3 is 9.88 Å². The number of carbonyl (C=O) groups excluding carboxylic acids is 1. The van der Waals surface area contributed by atoms with Crippen LogP contribution in [-0.4, -0.2) is 21.2 Å². The van der Waals surface area contributed by atoms with Gasteiger partial charge in [0.15, 0.2) is 5.82 Å². The molecular formula is C6H9N3OS. The molecule has 1 N–H and O–H groups in total. The first kappa shape index (κ1) is 8.13. The SMILES string of the molecule is Cn1cnc(NC(=O)CS)c1. The number of hydrogen-bond donors (Lipinski definition) is 2. The number of hydrogen-bond acceptors (Lipinski definition) is 3. The lowest BCUT2D eigenvalue weighted by molar-refractivity contribution is -0.113. The molecule has 0 saturated carbocycles. The van der Waals surface area contributed by atoms with E-state index < -0.39 is 0 Å². The van der Waals surface area contributed by atoms with E-state index in [2.05, 4.69) is 22.9 Å². The van der Waals surface area contributed by atoms with E-state index in [9.17, 15) is 4.79 Å². The Morgan fingerprint density at radius 1 is 1.91 bits per heavy atom. The maximum atomic E-state index is 10.8. The summed E-state index contributed by atoms with van der Waals surface area (Å²) < 4.78 is 1.76. The lowest BCUT2D eigenvalue weighted by atomic mass is 10.6. The highest BCUT2D eigenvalue weighted by Crippen LogP contribution is 1.99. The number of nitrogens with zero attached hydrogens (tertiary/aromatic N) is 2. The molecule has 4 nitrogen and oxygen atoms in total. The summed E-state index contributed by atoms with van der Waals surface area (Å²) >= 11 is 3.81. The summed E-state index contributed by atoms with van der Waals surface area (Å²) in [5, 5.41) is 2.57. The molecule has 0 atom stereocenters. The summed E-state index contributed by atoms with van der Waals surface area (Å²) in [6.45, 7) is 0. The third-order valence-electron chi connectivity index (χ3n) is 1.12. The number of amides is 1. The van der Waals surface area contributed by atoms with E-state index in [1.54, 1.807) is 17.1 Å². The summed E-state index contributed by atoms with van der Waals surface area (Å²) in [6.07, 6.45) is 3.34. The van der Waals surface area contributed by atoms with Gasteiger partial charge in [0.2, 0.25) is 5.91 Å². The van der Waals surface area contributed by atoms with Crippen LogP contribution in [0.5, 0.6) is 0 Å². The normalized spacial score (nSPS) is 9.64. The summed E-state index contributed by atoms with van der Waals surface area (Å²) in [6, 6.07) is 0. The summed E-state index contributed by atoms with van der Waals surface area (Å²) in [4.78, 5) is 14.7. The van der Waals surface area contributed by atoms with Crippen LogP contribution in [0.4, 0.5) is 5.82 Å². The molecule has 0 bridgehead atoms. The second-order valence-corrected chi connectivity index (χ2v) is 2.45. The molecule has 0 fully saturated rings. The highest BCUT2D eigenvalue weighted by atomic mass is 32.1. The van der Waals surface area contributed by atoms with Crippen molar-refractivity contribution in [1.29, 1.82) is 0 Å². The molecule has 1 rings (SSSR count). The van der Waals surface area contributed by atoms with Crippen molar-refractivity contribution in [3.8, 4) is 0 Å². The number of imidazole rings is 1. The fourth-order valence-corrected chi connectivity index (χ4v) is 0.739. The van der Waals surface area contributed by atoms with E-state index in [4.69, 9.17) is 0 Å². The lowest BCUT2D eigenvalue weighted by Crippen LogP contribution is -2.12. The van der Waals surface area contributed by atoms with Crippen LogP contribution in [0.3, 0.4) is 0 Å². The van der Waals surface area contributed by atoms with Gasteiger partial charge in [-0.2, -0.15) is 12.6 Å². The predicted octanol–water partition coefficient (Wildman–Crippen LogP) is 0.288. The van der Waals surface area contributed by atoms with E-state index in [0.717, 1.165) is 0 Å². The Bertz CT molecular complexity index is 258. The molecule has 1 amide bonds. The van der Waals surface area contributed by atoms with Crippen molar-refractivity contribution >= 4 is 24.4 Å². The van der Waals surface area contributed by atoms with Gasteiger partial charge >= 0.3 is 0 Å². The largest absolute Gasteiger partial charge is 0.338 e. The van der Waals surface area contributed by atoms with Crippen LogP contribution in [0.15, 0.2) is 12.5 Å². The first-order chi connectivity index (χ1) is 5.22. The van der Waals surface area contributed by atoms with Gasteiger partial charge in [-0.1, -0.05) is 0 Å². The van der Waals surface area contributed by atoms with Crippen LogP contribution in [0.25, 0.3) is 0 Å². The van der Waals surface area contributed by atoms with Crippen molar-refractivity contribution in [2.45, 2.75) is 0 Å². The van der Waals surface area contributed by atoms with Gasteiger partial charge in [0, 0.05) is 13.2 Å². The number of aryl methyl sites for hydroxylation is 1. The first-order valence-electron chi connectivity index (χ1n) is 3.11. The fourth-order valence-electron chi connectivity index (χ4n) is 0.660. The van der Waals surface area contributed by atoms with E-state index in [1.165, 1.54) is 0 Å². The van der Waals surface area contributed by atoms with Crippen molar-refractivity contribution in [1.82, 2.24) is 9.55 Å². The van der Waals surface area contributed by atoms with Crippen LogP contribution in [0.1, 0.15) is 0 Å². The maximum Gasteiger partial charge on any atom is 0.235 e. The minimum atomic E-state index is -0.146. The fraction of sp³-hybridized carbons (Fsp3) is 0.333. The van der Waals surface area contributed by atoms with Gasteiger partial charge in [-0.25, -0.2) is 4.98 Å². The zero-order chi connectivity index (χ0) is 8.27. The predicted molar refractivity (Wildman–Crippen MR) is 45.7 cm³/mol. The molecule has 0 aromatic carbocycles. The molecule has 0 aliphatic heterocycles. The van der Waals surface area contributed by atoms with Crippen LogP contribution >= 0.6 is 12.6 Å². The van der Waals surface area contributed by atoms with Gasteiger partial charge in [-0.05, 0) is 0 Å². The lowest BCUT2D eigenvalue weighted by Gasteiger charge is -1.95. The van der Waals surface area contributed by atoms with Crippen molar-refractivity contribution in [3.63, 3.8) is 0 Å². The van der Waals surface area contributed by atoms with Gasteiger partial charge in [0.25, 0.3) is 0 Å². The smallest absolute Gasteiger partial charge is 0.235 e. The third-order valence-corrected chi connectivity index (χ3v) is 1.40. The first-order valence-corrected chi connectivity index (χ1v) is 3.74. The molecule has 0 aliphatic rings. The number of thiol groups is 1. The summed E-state index contributed by atoms with van der Waals surface area (Å²) in [7, 11) is 1.84. The Hall–Kier alpha value is -0.970. The molecule has 5 heteroatoms. The number of carbonyl (C=O) groups is 1. The quantitative estimate of drug-likeness (QED) is 0.628. The van der Waals surface area contributed by atoms with Crippen LogP contribution in [-0.2, 0) is 11.8 Å². The molecule has 0 unspecified atom stereocenters. The minimum Gasteiger partial charge on any atom is -0.338 e. The maximum absolute atomic E-state index is 10.8. The molecule has 60 valence electrons. The summed E-state index contributed by atoms with van der Waals surface area (Å²) in [5.41, 5.74) is 0. The number of rotatable bonds is 2. The van der Waals surface area contributed by atoms with Gasteiger partial charge in [-0.15, -0.1) is 0 Å². The van der Waals surface area contributed by atoms with Crippen molar-refractivity contribution in [2.24, 2.45) is 7.05 Å². The van der Waals surface area contributed by atoms with E-state index in [-0.39, 0.29) is 11.7 Å². The topological polar surface area (TPSA) is 46.9 Å². The highest BCUT2D eigenvalue weighted by Gasteiger charge is 1.99. The van der Waals surface area contributed by atoms with Crippen LogP contribution in [0.2, 0.25) is 0 Å². The second kappa shape index (κ2) is 3.43. The van der Waals surface area contributed by atoms with Crippen molar-refractivity contribution in [2.75, 3.05) is 11.1 Å². The minimum absolute atomic E-state index is 0.146. The summed E-state index contributed by atoms with van der Waals surface area (Å²) in [5.74, 6) is 0.593. The number of anilines is 1. The van der Waals surface area contributed by atoms with Crippen LogP contribution in [0, 0.1) is 0 Å². The monoisotopic (exact) mass is 171 g/mol. The van der Waals surface area contributed by atoms with Crippen molar-refractivity contribution in [3.05, 3.63) is 12.5 Å². The Kier molecular flexibility index (Phi) is 2.53. The Morgan fingerprint density at radius 3 is 3.09 bits per heavy atom. The Labute approximate surface area is 70.0 Å². The van der Waals surface area contributed by atoms with E-state index >= 15 is 0 Å². The average molecular weight is 171 g/mol. The third kappa shape index (κ3) is 2.27. The van der Waals surface area contributed by atoms with Gasteiger partial charge in [0.05, 0.1) is 12.1 Å². The zero-order valence-electron chi connectivity index (χ0n) is 6.11. The molecular weight excluding hydrogens is 162 g/mol. The Morgan fingerprint density at radius 2 is 2.64 bits per heavy atom. The molecule has 0 radical (unpaired) electrons. The van der Waals surface area contributed by atoms with Crippen molar-refractivity contribution < 1.29 is 4.79 Å². The molecule has 1 heterocycles. The molecule has 1 aromatic rings. The number of aromatic nitrogens is 2. The molecule has 1 aromatic heterocycles. The molecule has 0 aliphatic carbocycles. The average Bonchev–Trinajstić information content (AvgIpc) is 2.35. The number of nitrogens with one attached hydrogen (secondary N) is 1. The standard InChI is InChI=1S/C6H9N3OS/c1-9-2-5(7-4-9)8-6(10)3-11/h2,4,11H,3H2,1H3,(H,8,10). The van der Waals surface area contributed by atoms with Gasteiger partial charge in [0.1, 0.15) is 0 Å². The van der Waals surface area contributed by atoms with Crippen LogP contribution < -0.4 is 5.32 Å². The van der Waals surface area contributed by atoms with Gasteiger partial charge in [-0.3, -0.25) is 4.79 Å². The molecule has 0 spiro atoms. The second-order valence-electron chi connectivity index (χ2n) is 2.13. The Balaban J connectivity index is 2.57. The zero-order valence-corrected chi connectivity index (χ0v) is 7.01. The highest BCUT2D eigenvalue weighted by molar-refractivity contribution is 7.81. The van der Waals surface area contributed by atoms with E-state index in [1.807, 2.05) is 7.05 Å². The molecule has 11 heavy (non-hydrogen) atoms.